The van der Waals surface area contributed by atoms with Crippen LogP contribution in [0, 0.1) is 11.3 Å². The van der Waals surface area contributed by atoms with Gasteiger partial charge in [-0.1, -0.05) is 17.7 Å². The predicted octanol–water partition coefficient (Wildman–Crippen LogP) is 3.06. The molecule has 7 heteroatoms. The van der Waals surface area contributed by atoms with Crippen molar-refractivity contribution < 1.29 is 14.6 Å². The van der Waals surface area contributed by atoms with Gasteiger partial charge < -0.3 is 15.2 Å². The van der Waals surface area contributed by atoms with E-state index in [1.165, 1.54) is 19.4 Å². The Morgan fingerprint density at radius 2 is 2.29 bits per heavy atom. The summed E-state index contributed by atoms with van der Waals surface area (Å²) in [5.74, 6) is -0.466. The third-order valence-corrected chi connectivity index (χ3v) is 3.01. The maximum atomic E-state index is 11.1. The molecule has 106 valence electrons. The van der Waals surface area contributed by atoms with Crippen LogP contribution in [0.5, 0.6) is 5.75 Å². The summed E-state index contributed by atoms with van der Waals surface area (Å²) in [5.41, 5.74) is 0.680. The van der Waals surface area contributed by atoms with Crippen molar-refractivity contribution in [1.29, 1.82) is 5.26 Å². The molecule has 1 aromatic carbocycles. The summed E-state index contributed by atoms with van der Waals surface area (Å²) in [5, 5.41) is 21.1. The molecule has 6 nitrogen and oxygen atoms in total. The number of para-hydroxylation sites is 1. The summed E-state index contributed by atoms with van der Waals surface area (Å²) >= 11 is 5.76. The maximum Gasteiger partial charge on any atom is 0.337 e. The average molecular weight is 304 g/mol. The number of anilines is 2. The Morgan fingerprint density at radius 3 is 2.90 bits per heavy atom. The van der Waals surface area contributed by atoms with Gasteiger partial charge in [0.1, 0.15) is 23.3 Å². The molecular weight excluding hydrogens is 294 g/mol. The number of nitriles is 1. The van der Waals surface area contributed by atoms with Crippen LogP contribution in [0.15, 0.2) is 30.5 Å². The van der Waals surface area contributed by atoms with Gasteiger partial charge in [0.15, 0.2) is 0 Å². The number of aromatic carboxylic acids is 1. The smallest absolute Gasteiger partial charge is 0.337 e. The van der Waals surface area contributed by atoms with Gasteiger partial charge in [0.05, 0.1) is 23.3 Å². The van der Waals surface area contributed by atoms with Gasteiger partial charge >= 0.3 is 5.97 Å². The molecule has 0 spiro atoms. The molecule has 0 saturated carbocycles. The molecule has 0 saturated heterocycles. The first-order valence-electron chi connectivity index (χ1n) is 5.79. The highest BCUT2D eigenvalue weighted by Crippen LogP contribution is 2.31. The molecule has 0 aliphatic rings. The molecule has 21 heavy (non-hydrogen) atoms. The van der Waals surface area contributed by atoms with E-state index in [0.29, 0.717) is 17.0 Å². The number of carbonyl (C=O) groups is 1. The van der Waals surface area contributed by atoms with Gasteiger partial charge in [0.25, 0.3) is 0 Å². The maximum absolute atomic E-state index is 11.1. The van der Waals surface area contributed by atoms with E-state index in [4.69, 9.17) is 26.7 Å². The monoisotopic (exact) mass is 303 g/mol. The molecule has 0 aliphatic carbocycles. The van der Waals surface area contributed by atoms with Gasteiger partial charge in [-0.05, 0) is 18.2 Å². The van der Waals surface area contributed by atoms with Gasteiger partial charge in [-0.15, -0.1) is 0 Å². The minimum atomic E-state index is -1.16. The Kier molecular flexibility index (Phi) is 4.26. The number of rotatable bonds is 4. The standard InChI is InChI=1S/C14H10ClN3O3/c1-21-11-4-2-3-8(6-16)13(11)18-12-5-9(14(19)20)10(15)7-17-12/h2-5,7H,1H3,(H,17,18)(H,19,20). The predicted molar refractivity (Wildman–Crippen MR) is 77.2 cm³/mol. The second kappa shape index (κ2) is 6.11. The number of hydrogen-bond donors (Lipinski definition) is 2. The first-order valence-corrected chi connectivity index (χ1v) is 6.17. The number of halogens is 1. The zero-order valence-electron chi connectivity index (χ0n) is 10.9. The van der Waals surface area contributed by atoms with E-state index < -0.39 is 5.97 Å². The quantitative estimate of drug-likeness (QED) is 0.901. The zero-order chi connectivity index (χ0) is 15.4. The molecule has 0 amide bonds. The Morgan fingerprint density at radius 1 is 1.52 bits per heavy atom. The topological polar surface area (TPSA) is 95.2 Å². The fourth-order valence-corrected chi connectivity index (χ4v) is 1.91. The summed E-state index contributed by atoms with van der Waals surface area (Å²) in [4.78, 5) is 15.1. The van der Waals surface area contributed by atoms with Crippen molar-refractivity contribution in [3.05, 3.63) is 46.6 Å². The van der Waals surface area contributed by atoms with Gasteiger partial charge in [0, 0.05) is 6.20 Å². The largest absolute Gasteiger partial charge is 0.495 e. The van der Waals surface area contributed by atoms with E-state index in [9.17, 15) is 4.79 Å². The van der Waals surface area contributed by atoms with Crippen LogP contribution in [0.25, 0.3) is 0 Å². The molecule has 0 bridgehead atoms. The third-order valence-electron chi connectivity index (χ3n) is 2.71. The number of aromatic nitrogens is 1. The molecule has 1 aromatic heterocycles. The lowest BCUT2D eigenvalue weighted by molar-refractivity contribution is 0.0697. The molecule has 2 aromatic rings. The zero-order valence-corrected chi connectivity index (χ0v) is 11.7. The summed E-state index contributed by atoms with van der Waals surface area (Å²) in [7, 11) is 1.47. The second-order valence-corrected chi connectivity index (χ2v) is 4.38. The number of carboxylic acids is 1. The number of pyridine rings is 1. The minimum Gasteiger partial charge on any atom is -0.495 e. The van der Waals surface area contributed by atoms with E-state index in [1.807, 2.05) is 6.07 Å². The third kappa shape index (κ3) is 3.04. The number of benzene rings is 1. The second-order valence-electron chi connectivity index (χ2n) is 3.97. The summed E-state index contributed by atoms with van der Waals surface area (Å²) < 4.78 is 5.18. The van der Waals surface area contributed by atoms with E-state index in [-0.39, 0.29) is 16.4 Å². The van der Waals surface area contributed by atoms with Gasteiger partial charge in [-0.25, -0.2) is 9.78 Å². The Balaban J connectivity index is 2.46. The van der Waals surface area contributed by atoms with Gasteiger partial charge in [-0.3, -0.25) is 0 Å². The first kappa shape index (κ1) is 14.6. The SMILES string of the molecule is COc1cccc(C#N)c1Nc1cc(C(=O)O)c(Cl)cn1. The Labute approximate surface area is 125 Å². The molecule has 0 aliphatic heterocycles. The summed E-state index contributed by atoms with van der Waals surface area (Å²) in [6.07, 6.45) is 1.23. The Bertz CT molecular complexity index is 741. The fourth-order valence-electron chi connectivity index (χ4n) is 1.72. The molecule has 0 atom stereocenters. The van der Waals surface area contributed by atoms with Crippen LogP contribution in [-0.2, 0) is 0 Å². The molecule has 0 radical (unpaired) electrons. The van der Waals surface area contributed by atoms with E-state index >= 15 is 0 Å². The minimum absolute atomic E-state index is 0.0357. The van der Waals surface area contributed by atoms with Crippen LogP contribution >= 0.6 is 11.6 Å². The van der Waals surface area contributed by atoms with Crippen LogP contribution in [0.2, 0.25) is 5.02 Å². The molecule has 2 rings (SSSR count). The van der Waals surface area contributed by atoms with E-state index in [2.05, 4.69) is 10.3 Å². The lowest BCUT2D eigenvalue weighted by atomic mass is 10.1. The molecule has 0 unspecified atom stereocenters. The van der Waals surface area contributed by atoms with E-state index in [1.54, 1.807) is 18.2 Å². The first-order chi connectivity index (χ1) is 10.1. The number of hydrogen-bond acceptors (Lipinski definition) is 5. The van der Waals surface area contributed by atoms with Crippen molar-refractivity contribution in [2.24, 2.45) is 0 Å². The number of ether oxygens (including phenoxy) is 1. The van der Waals surface area contributed by atoms with E-state index in [0.717, 1.165) is 0 Å². The highest BCUT2D eigenvalue weighted by molar-refractivity contribution is 6.33. The van der Waals surface area contributed by atoms with Crippen molar-refractivity contribution in [3.63, 3.8) is 0 Å². The molecule has 1 heterocycles. The van der Waals surface area contributed by atoms with Crippen molar-refractivity contribution >= 4 is 29.1 Å². The van der Waals surface area contributed by atoms with Crippen LogP contribution in [0.3, 0.4) is 0 Å². The number of carboxylic acid groups (broad SMARTS) is 1. The number of nitrogens with zero attached hydrogens (tertiary/aromatic N) is 2. The van der Waals surface area contributed by atoms with Crippen molar-refractivity contribution in [2.75, 3.05) is 12.4 Å². The fraction of sp³-hybridized carbons (Fsp3) is 0.0714. The normalized spacial score (nSPS) is 9.76. The molecular formula is C14H10ClN3O3. The summed E-state index contributed by atoms with van der Waals surface area (Å²) in [6, 6.07) is 8.29. The summed E-state index contributed by atoms with van der Waals surface area (Å²) in [6.45, 7) is 0. The lowest BCUT2D eigenvalue weighted by Gasteiger charge is -2.12. The van der Waals surface area contributed by atoms with Crippen LogP contribution in [0.1, 0.15) is 15.9 Å². The number of methoxy groups -OCH3 is 1. The van der Waals surface area contributed by atoms with Crippen molar-refractivity contribution in [3.8, 4) is 11.8 Å². The molecule has 2 N–H and O–H groups in total. The van der Waals surface area contributed by atoms with Crippen molar-refractivity contribution in [2.45, 2.75) is 0 Å². The number of nitrogens with one attached hydrogen (secondary N) is 1. The molecule has 0 fully saturated rings. The van der Waals surface area contributed by atoms with Gasteiger partial charge in [-0.2, -0.15) is 5.26 Å². The van der Waals surface area contributed by atoms with Crippen LogP contribution < -0.4 is 10.1 Å². The Hall–Kier alpha value is -2.78. The highest BCUT2D eigenvalue weighted by Gasteiger charge is 2.13. The highest BCUT2D eigenvalue weighted by atomic mass is 35.5. The average Bonchev–Trinajstić information content (AvgIpc) is 2.49. The van der Waals surface area contributed by atoms with Crippen LogP contribution in [0.4, 0.5) is 11.5 Å². The lowest BCUT2D eigenvalue weighted by Crippen LogP contribution is -2.03. The van der Waals surface area contributed by atoms with Crippen LogP contribution in [-0.4, -0.2) is 23.2 Å². The van der Waals surface area contributed by atoms with Gasteiger partial charge in [0.2, 0.25) is 0 Å². The van der Waals surface area contributed by atoms with Crippen molar-refractivity contribution in [1.82, 2.24) is 4.98 Å².